The summed E-state index contributed by atoms with van der Waals surface area (Å²) in [6.45, 7) is 4.14. The number of rotatable bonds is 3. The second-order valence-electron chi connectivity index (χ2n) is 4.78. The van der Waals surface area contributed by atoms with Crippen LogP contribution in [0.4, 0.5) is 4.39 Å². The summed E-state index contributed by atoms with van der Waals surface area (Å²) in [5.41, 5.74) is 2.27. The number of hydrogen-bond donors (Lipinski definition) is 1. The molecular weight excluding hydrogens is 243 g/mol. The van der Waals surface area contributed by atoms with Crippen molar-refractivity contribution in [2.75, 3.05) is 0 Å². The molecule has 0 amide bonds. The molecule has 0 unspecified atom stereocenters. The summed E-state index contributed by atoms with van der Waals surface area (Å²) in [7, 11) is 0. The molecule has 0 heterocycles. The van der Waals surface area contributed by atoms with E-state index in [0.717, 1.165) is 17.2 Å². The van der Waals surface area contributed by atoms with Gasteiger partial charge < -0.3 is 5.11 Å². The van der Waals surface area contributed by atoms with Gasteiger partial charge in [0, 0.05) is 5.56 Å². The third kappa shape index (κ3) is 2.81. The third-order valence-corrected chi connectivity index (χ3v) is 3.08. The Bertz CT molecular complexity index is 618. The summed E-state index contributed by atoms with van der Waals surface area (Å²) in [5, 5.41) is 8.82. The number of hydrogen-bond acceptors (Lipinski definition) is 1. The van der Waals surface area contributed by atoms with Crippen molar-refractivity contribution in [3.05, 3.63) is 59.4 Å². The smallest absolute Gasteiger partial charge is 0.335 e. The Hall–Kier alpha value is -2.16. The van der Waals surface area contributed by atoms with Crippen LogP contribution >= 0.6 is 0 Å². The van der Waals surface area contributed by atoms with Gasteiger partial charge in [-0.15, -0.1) is 0 Å². The van der Waals surface area contributed by atoms with Gasteiger partial charge in [0.05, 0.1) is 5.56 Å². The molecule has 2 aromatic carbocycles. The molecule has 98 valence electrons. The first-order chi connectivity index (χ1) is 8.99. The standard InChI is InChI=1S/C16H15FO2/c1-10(2)11-4-3-5-12(8-11)14-7-6-13(16(18)19)9-15(14)17/h3-10H,1-2H3,(H,18,19). The highest BCUT2D eigenvalue weighted by atomic mass is 19.1. The van der Waals surface area contributed by atoms with Crippen LogP contribution in [0.25, 0.3) is 11.1 Å². The van der Waals surface area contributed by atoms with Crippen molar-refractivity contribution in [2.24, 2.45) is 0 Å². The van der Waals surface area contributed by atoms with Crippen molar-refractivity contribution in [3.63, 3.8) is 0 Å². The molecule has 0 aliphatic carbocycles. The first-order valence-corrected chi connectivity index (χ1v) is 6.12. The zero-order chi connectivity index (χ0) is 14.0. The number of aromatic carboxylic acids is 1. The lowest BCUT2D eigenvalue weighted by Crippen LogP contribution is -1.98. The largest absolute Gasteiger partial charge is 0.478 e. The fraction of sp³-hybridized carbons (Fsp3) is 0.188. The summed E-state index contributed by atoms with van der Waals surface area (Å²) < 4.78 is 14.0. The maximum absolute atomic E-state index is 14.0. The highest BCUT2D eigenvalue weighted by Crippen LogP contribution is 2.26. The Morgan fingerprint density at radius 2 is 1.89 bits per heavy atom. The molecule has 0 radical (unpaired) electrons. The molecular formula is C16H15FO2. The molecule has 0 bridgehead atoms. The molecule has 2 nitrogen and oxygen atoms in total. The number of benzene rings is 2. The van der Waals surface area contributed by atoms with E-state index in [2.05, 4.69) is 13.8 Å². The lowest BCUT2D eigenvalue weighted by molar-refractivity contribution is 0.0696. The van der Waals surface area contributed by atoms with Crippen molar-refractivity contribution in [3.8, 4) is 11.1 Å². The van der Waals surface area contributed by atoms with Gasteiger partial charge >= 0.3 is 5.97 Å². The van der Waals surface area contributed by atoms with Crippen molar-refractivity contribution in [1.82, 2.24) is 0 Å². The summed E-state index contributed by atoms with van der Waals surface area (Å²) >= 11 is 0. The zero-order valence-corrected chi connectivity index (χ0v) is 10.9. The second-order valence-corrected chi connectivity index (χ2v) is 4.78. The summed E-state index contributed by atoms with van der Waals surface area (Å²) in [5.74, 6) is -1.27. The number of carbonyl (C=O) groups is 1. The molecule has 19 heavy (non-hydrogen) atoms. The summed E-state index contributed by atoms with van der Waals surface area (Å²) in [6.07, 6.45) is 0. The van der Waals surface area contributed by atoms with Crippen LogP contribution in [0.1, 0.15) is 35.7 Å². The normalized spacial score (nSPS) is 10.7. The van der Waals surface area contributed by atoms with E-state index in [9.17, 15) is 9.18 Å². The Kier molecular flexibility index (Phi) is 3.65. The lowest BCUT2D eigenvalue weighted by Gasteiger charge is -2.09. The summed E-state index contributed by atoms with van der Waals surface area (Å²) in [4.78, 5) is 10.8. The predicted molar refractivity (Wildman–Crippen MR) is 72.9 cm³/mol. The molecule has 1 N–H and O–H groups in total. The molecule has 2 aromatic rings. The van der Waals surface area contributed by atoms with Crippen LogP contribution in [0.15, 0.2) is 42.5 Å². The minimum atomic E-state index is -1.12. The van der Waals surface area contributed by atoms with E-state index in [1.54, 1.807) is 0 Å². The number of carboxylic acids is 1. The first-order valence-electron chi connectivity index (χ1n) is 6.12. The Morgan fingerprint density at radius 1 is 1.16 bits per heavy atom. The van der Waals surface area contributed by atoms with Gasteiger partial charge in [-0.05, 0) is 29.2 Å². The van der Waals surface area contributed by atoms with E-state index < -0.39 is 11.8 Å². The fourth-order valence-corrected chi connectivity index (χ4v) is 1.95. The molecule has 3 heteroatoms. The van der Waals surface area contributed by atoms with Crippen LogP contribution in [-0.4, -0.2) is 11.1 Å². The SMILES string of the molecule is CC(C)c1cccc(-c2ccc(C(=O)O)cc2F)c1. The van der Waals surface area contributed by atoms with Gasteiger partial charge in [-0.1, -0.05) is 44.2 Å². The van der Waals surface area contributed by atoms with E-state index >= 15 is 0 Å². The average molecular weight is 258 g/mol. The Labute approximate surface area is 111 Å². The van der Waals surface area contributed by atoms with Crippen LogP contribution in [0.3, 0.4) is 0 Å². The monoisotopic (exact) mass is 258 g/mol. The van der Waals surface area contributed by atoms with Gasteiger partial charge in [-0.3, -0.25) is 0 Å². The van der Waals surface area contributed by atoms with E-state index in [1.807, 2.05) is 24.3 Å². The van der Waals surface area contributed by atoms with E-state index in [0.29, 0.717) is 11.5 Å². The molecule has 0 aromatic heterocycles. The quantitative estimate of drug-likeness (QED) is 0.890. The van der Waals surface area contributed by atoms with Crippen LogP contribution in [0.2, 0.25) is 0 Å². The highest BCUT2D eigenvalue weighted by Gasteiger charge is 2.10. The van der Waals surface area contributed by atoms with Gasteiger partial charge in [0.2, 0.25) is 0 Å². The van der Waals surface area contributed by atoms with Crippen molar-refractivity contribution < 1.29 is 14.3 Å². The van der Waals surface area contributed by atoms with E-state index in [1.165, 1.54) is 12.1 Å². The molecule has 0 saturated heterocycles. The van der Waals surface area contributed by atoms with Crippen LogP contribution in [-0.2, 0) is 0 Å². The minimum absolute atomic E-state index is 0.0405. The Balaban J connectivity index is 2.47. The van der Waals surface area contributed by atoms with E-state index in [-0.39, 0.29) is 5.56 Å². The van der Waals surface area contributed by atoms with Crippen LogP contribution < -0.4 is 0 Å². The average Bonchev–Trinajstić information content (AvgIpc) is 2.38. The second kappa shape index (κ2) is 5.22. The third-order valence-electron chi connectivity index (χ3n) is 3.08. The zero-order valence-electron chi connectivity index (χ0n) is 10.9. The van der Waals surface area contributed by atoms with E-state index in [4.69, 9.17) is 5.11 Å². The van der Waals surface area contributed by atoms with Crippen molar-refractivity contribution in [2.45, 2.75) is 19.8 Å². The van der Waals surface area contributed by atoms with Gasteiger partial charge in [0.1, 0.15) is 5.82 Å². The highest BCUT2D eigenvalue weighted by molar-refractivity contribution is 5.88. The number of halogens is 1. The topological polar surface area (TPSA) is 37.3 Å². The Morgan fingerprint density at radius 3 is 2.47 bits per heavy atom. The van der Waals surface area contributed by atoms with Gasteiger partial charge in [-0.2, -0.15) is 0 Å². The molecule has 0 fully saturated rings. The molecule has 0 saturated carbocycles. The molecule has 0 spiro atoms. The maximum atomic E-state index is 14.0. The fourth-order valence-electron chi connectivity index (χ4n) is 1.95. The van der Waals surface area contributed by atoms with Gasteiger partial charge in [0.15, 0.2) is 0 Å². The molecule has 2 rings (SSSR count). The lowest BCUT2D eigenvalue weighted by atomic mass is 9.96. The van der Waals surface area contributed by atoms with Gasteiger partial charge in [-0.25, -0.2) is 9.18 Å². The molecule has 0 atom stereocenters. The minimum Gasteiger partial charge on any atom is -0.478 e. The summed E-state index contributed by atoms with van der Waals surface area (Å²) in [6, 6.07) is 11.6. The molecule has 0 aliphatic rings. The predicted octanol–water partition coefficient (Wildman–Crippen LogP) is 4.31. The van der Waals surface area contributed by atoms with Crippen LogP contribution in [0.5, 0.6) is 0 Å². The number of carboxylic acid groups (broad SMARTS) is 1. The van der Waals surface area contributed by atoms with Gasteiger partial charge in [0.25, 0.3) is 0 Å². The molecule has 0 aliphatic heterocycles. The first kappa shape index (κ1) is 13.3. The van der Waals surface area contributed by atoms with Crippen molar-refractivity contribution in [1.29, 1.82) is 0 Å². The maximum Gasteiger partial charge on any atom is 0.335 e. The van der Waals surface area contributed by atoms with Crippen molar-refractivity contribution >= 4 is 5.97 Å². The van der Waals surface area contributed by atoms with Crippen LogP contribution in [0, 0.1) is 5.82 Å².